The Kier molecular flexibility index (Phi) is 5.77. The van der Waals surface area contributed by atoms with Crippen LogP contribution in [0.3, 0.4) is 0 Å². The first-order valence-electron chi connectivity index (χ1n) is 9.17. The Hall–Kier alpha value is -2.91. The summed E-state index contributed by atoms with van der Waals surface area (Å²) in [5.41, 5.74) is 6.39. The quantitative estimate of drug-likeness (QED) is 0.250. The molecule has 0 atom stereocenters. The van der Waals surface area contributed by atoms with Crippen molar-refractivity contribution in [3.63, 3.8) is 0 Å². The number of benzene rings is 2. The smallest absolute Gasteiger partial charge is 0.266 e. The number of rotatable bonds is 5. The molecule has 0 saturated heterocycles. The fourth-order valence-electron chi connectivity index (χ4n) is 2.76. The standard InChI is InChI=1S/C20H19N5O2S2/c26-17(23-24-19(28)21-13-10-11-13)12-29-20-22-16-9-5-4-8-15(16)18(27)25(20)14-6-2-1-3-7-14/h1-9,13H,10-12H2,(H,23,26)(H2,21,24,28). The first-order chi connectivity index (χ1) is 14.1. The van der Waals surface area contributed by atoms with Gasteiger partial charge in [0.2, 0.25) is 5.91 Å². The van der Waals surface area contributed by atoms with Gasteiger partial charge in [-0.2, -0.15) is 0 Å². The van der Waals surface area contributed by atoms with E-state index in [0.717, 1.165) is 12.8 Å². The molecule has 29 heavy (non-hydrogen) atoms. The van der Waals surface area contributed by atoms with E-state index in [1.165, 1.54) is 16.3 Å². The number of amides is 1. The highest BCUT2D eigenvalue weighted by Gasteiger charge is 2.22. The monoisotopic (exact) mass is 425 g/mol. The predicted molar refractivity (Wildman–Crippen MR) is 118 cm³/mol. The second-order valence-electron chi connectivity index (χ2n) is 6.60. The summed E-state index contributed by atoms with van der Waals surface area (Å²) < 4.78 is 1.53. The van der Waals surface area contributed by atoms with E-state index < -0.39 is 0 Å². The predicted octanol–water partition coefficient (Wildman–Crippen LogP) is 2.14. The van der Waals surface area contributed by atoms with Crippen LogP contribution in [0, 0.1) is 0 Å². The van der Waals surface area contributed by atoms with Crippen molar-refractivity contribution in [3.05, 3.63) is 65.0 Å². The van der Waals surface area contributed by atoms with Crippen LogP contribution in [0.1, 0.15) is 12.8 Å². The normalized spacial score (nSPS) is 13.1. The summed E-state index contributed by atoms with van der Waals surface area (Å²) in [6, 6.07) is 16.9. The highest BCUT2D eigenvalue weighted by Crippen LogP contribution is 2.21. The second-order valence-corrected chi connectivity index (χ2v) is 7.95. The van der Waals surface area contributed by atoms with Crippen molar-refractivity contribution in [2.75, 3.05) is 5.75 Å². The molecule has 0 spiro atoms. The van der Waals surface area contributed by atoms with E-state index in [1.54, 1.807) is 12.1 Å². The highest BCUT2D eigenvalue weighted by molar-refractivity contribution is 7.99. The lowest BCUT2D eigenvalue weighted by Gasteiger charge is -2.14. The molecule has 9 heteroatoms. The summed E-state index contributed by atoms with van der Waals surface area (Å²) in [5, 5.41) is 4.46. The fourth-order valence-corrected chi connectivity index (χ4v) is 3.79. The summed E-state index contributed by atoms with van der Waals surface area (Å²) >= 11 is 6.31. The molecule has 0 aliphatic heterocycles. The maximum Gasteiger partial charge on any atom is 0.266 e. The minimum absolute atomic E-state index is 0.0800. The summed E-state index contributed by atoms with van der Waals surface area (Å²) in [6.45, 7) is 0. The Morgan fingerprint density at radius 2 is 1.83 bits per heavy atom. The van der Waals surface area contributed by atoms with Crippen LogP contribution in [0.2, 0.25) is 0 Å². The molecule has 0 unspecified atom stereocenters. The van der Waals surface area contributed by atoms with Gasteiger partial charge in [-0.15, -0.1) is 0 Å². The summed E-state index contributed by atoms with van der Waals surface area (Å²) in [6.07, 6.45) is 2.19. The zero-order chi connectivity index (χ0) is 20.2. The maximum atomic E-state index is 13.1. The minimum atomic E-state index is -0.267. The maximum absolute atomic E-state index is 13.1. The number of thiocarbonyl (C=S) groups is 1. The summed E-state index contributed by atoms with van der Waals surface area (Å²) in [7, 11) is 0. The van der Waals surface area contributed by atoms with Crippen molar-refractivity contribution in [3.8, 4) is 5.69 Å². The van der Waals surface area contributed by atoms with Gasteiger partial charge < -0.3 is 5.32 Å². The lowest BCUT2D eigenvalue weighted by atomic mass is 10.2. The third-order valence-corrected chi connectivity index (χ3v) is 5.48. The Bertz CT molecular complexity index is 1110. The number of fused-ring (bicyclic) bond motifs is 1. The van der Waals surface area contributed by atoms with Crippen LogP contribution in [-0.4, -0.2) is 32.4 Å². The largest absolute Gasteiger partial charge is 0.359 e. The molecule has 2 aromatic carbocycles. The van der Waals surface area contributed by atoms with E-state index in [1.807, 2.05) is 42.5 Å². The van der Waals surface area contributed by atoms with Gasteiger partial charge in [-0.05, 0) is 49.3 Å². The fraction of sp³-hybridized carbons (Fsp3) is 0.200. The Morgan fingerprint density at radius 3 is 2.59 bits per heavy atom. The van der Waals surface area contributed by atoms with Crippen molar-refractivity contribution in [1.82, 2.24) is 25.7 Å². The SMILES string of the molecule is O=C(CSc1nc2ccccc2c(=O)n1-c1ccccc1)NNC(=S)NC1CC1. The molecule has 1 aromatic heterocycles. The molecule has 1 heterocycles. The third kappa shape index (κ3) is 4.75. The molecule has 4 rings (SSSR count). The third-order valence-electron chi connectivity index (χ3n) is 4.32. The van der Waals surface area contributed by atoms with Gasteiger partial charge in [0.1, 0.15) is 0 Å². The number of aromatic nitrogens is 2. The van der Waals surface area contributed by atoms with Gasteiger partial charge in [0.05, 0.1) is 22.3 Å². The van der Waals surface area contributed by atoms with Crippen LogP contribution in [0.25, 0.3) is 16.6 Å². The van der Waals surface area contributed by atoms with Gasteiger partial charge in [-0.1, -0.05) is 42.1 Å². The van der Waals surface area contributed by atoms with E-state index >= 15 is 0 Å². The molecule has 1 fully saturated rings. The average Bonchev–Trinajstić information content (AvgIpc) is 3.55. The number of thioether (sulfide) groups is 1. The van der Waals surface area contributed by atoms with Crippen molar-refractivity contribution in [1.29, 1.82) is 0 Å². The molecular formula is C20H19N5O2S2. The molecule has 1 aliphatic carbocycles. The van der Waals surface area contributed by atoms with E-state index in [0.29, 0.717) is 32.9 Å². The molecular weight excluding hydrogens is 406 g/mol. The number of hydrogen-bond acceptors (Lipinski definition) is 5. The number of nitrogens with one attached hydrogen (secondary N) is 3. The summed E-state index contributed by atoms with van der Waals surface area (Å²) in [5.74, 6) is -0.187. The van der Waals surface area contributed by atoms with E-state index in [2.05, 4.69) is 21.2 Å². The molecule has 1 aliphatic rings. The van der Waals surface area contributed by atoms with Gasteiger partial charge in [-0.3, -0.25) is 25.0 Å². The number of hydrogen-bond donors (Lipinski definition) is 3. The number of hydrazine groups is 1. The van der Waals surface area contributed by atoms with Crippen LogP contribution >= 0.6 is 24.0 Å². The number of para-hydroxylation sites is 2. The van der Waals surface area contributed by atoms with Crippen LogP contribution in [0.15, 0.2) is 64.5 Å². The van der Waals surface area contributed by atoms with Crippen LogP contribution < -0.4 is 21.7 Å². The Labute approximate surface area is 176 Å². The zero-order valence-electron chi connectivity index (χ0n) is 15.4. The first-order valence-corrected chi connectivity index (χ1v) is 10.6. The van der Waals surface area contributed by atoms with Gasteiger partial charge in [0, 0.05) is 6.04 Å². The number of carbonyl (C=O) groups is 1. The molecule has 1 amide bonds. The molecule has 7 nitrogen and oxygen atoms in total. The molecule has 1 saturated carbocycles. The Balaban J connectivity index is 1.53. The minimum Gasteiger partial charge on any atom is -0.359 e. The van der Waals surface area contributed by atoms with Crippen molar-refractivity contribution < 1.29 is 4.79 Å². The van der Waals surface area contributed by atoms with E-state index in [-0.39, 0.29) is 17.2 Å². The topological polar surface area (TPSA) is 88.0 Å². The molecule has 0 bridgehead atoms. The lowest BCUT2D eigenvalue weighted by Crippen LogP contribution is -2.48. The number of carbonyl (C=O) groups excluding carboxylic acids is 1. The van der Waals surface area contributed by atoms with E-state index in [9.17, 15) is 9.59 Å². The Morgan fingerprint density at radius 1 is 1.10 bits per heavy atom. The first kappa shape index (κ1) is 19.4. The number of nitrogens with zero attached hydrogens (tertiary/aromatic N) is 2. The summed E-state index contributed by atoms with van der Waals surface area (Å²) in [4.78, 5) is 29.9. The highest BCUT2D eigenvalue weighted by atomic mass is 32.2. The van der Waals surface area contributed by atoms with Crippen LogP contribution in [0.4, 0.5) is 0 Å². The average molecular weight is 426 g/mol. The van der Waals surface area contributed by atoms with E-state index in [4.69, 9.17) is 12.2 Å². The molecule has 3 N–H and O–H groups in total. The molecule has 3 aromatic rings. The van der Waals surface area contributed by atoms with Crippen molar-refractivity contribution in [2.45, 2.75) is 24.0 Å². The van der Waals surface area contributed by atoms with Crippen LogP contribution in [-0.2, 0) is 4.79 Å². The second kappa shape index (κ2) is 8.62. The van der Waals surface area contributed by atoms with Crippen LogP contribution in [0.5, 0.6) is 0 Å². The van der Waals surface area contributed by atoms with Gasteiger partial charge in [0.25, 0.3) is 5.56 Å². The van der Waals surface area contributed by atoms with Crippen molar-refractivity contribution >= 4 is 45.9 Å². The zero-order valence-corrected chi connectivity index (χ0v) is 17.1. The van der Waals surface area contributed by atoms with Crippen molar-refractivity contribution in [2.24, 2.45) is 0 Å². The lowest BCUT2D eigenvalue weighted by molar-refractivity contribution is -0.119. The molecule has 0 radical (unpaired) electrons. The van der Waals surface area contributed by atoms with Gasteiger partial charge >= 0.3 is 0 Å². The van der Waals surface area contributed by atoms with Gasteiger partial charge in [-0.25, -0.2) is 4.98 Å². The van der Waals surface area contributed by atoms with Gasteiger partial charge in [0.15, 0.2) is 10.3 Å². The molecule has 148 valence electrons.